The van der Waals surface area contributed by atoms with Gasteiger partial charge in [-0.2, -0.15) is 10.2 Å². The number of aryl methyl sites for hydroxylation is 1. The summed E-state index contributed by atoms with van der Waals surface area (Å²) in [6, 6.07) is 9.76. The second-order valence-electron chi connectivity index (χ2n) is 5.94. The second-order valence-corrected chi connectivity index (χ2v) is 6.85. The van der Waals surface area contributed by atoms with E-state index in [-0.39, 0.29) is 11.9 Å². The molecule has 2 heterocycles. The van der Waals surface area contributed by atoms with Gasteiger partial charge in [-0.25, -0.2) is 0 Å². The van der Waals surface area contributed by atoms with Crippen molar-refractivity contribution in [2.75, 3.05) is 5.32 Å². The summed E-state index contributed by atoms with van der Waals surface area (Å²) >= 11 is 3.35. The van der Waals surface area contributed by atoms with Gasteiger partial charge in [0.05, 0.1) is 17.2 Å². The highest BCUT2D eigenvalue weighted by atomic mass is 79.9. The number of hydrogen-bond acceptors (Lipinski definition) is 3. The van der Waals surface area contributed by atoms with Crippen LogP contribution in [0.1, 0.15) is 30.5 Å². The van der Waals surface area contributed by atoms with Crippen LogP contribution in [-0.2, 0) is 11.3 Å². The largest absolute Gasteiger partial charge is 0.307 e. The minimum Gasteiger partial charge on any atom is -0.307 e. The standard InChI is InChI=1S/C18H20BrN5O/c1-3-16(24-12-15(19)10-20-24)18(25)21-17-8-9-23(22-17)11-14-6-4-13(2)5-7-14/h4-10,12,16H,3,11H2,1-2H3,(H,21,22,25). The van der Waals surface area contributed by atoms with Crippen LogP contribution < -0.4 is 5.32 Å². The quantitative estimate of drug-likeness (QED) is 0.683. The molecule has 25 heavy (non-hydrogen) atoms. The lowest BCUT2D eigenvalue weighted by Gasteiger charge is -2.14. The van der Waals surface area contributed by atoms with E-state index in [1.165, 1.54) is 11.1 Å². The Labute approximate surface area is 155 Å². The molecule has 1 atom stereocenters. The smallest absolute Gasteiger partial charge is 0.250 e. The van der Waals surface area contributed by atoms with E-state index in [2.05, 4.69) is 62.6 Å². The number of amides is 1. The Bertz CT molecular complexity index is 852. The maximum atomic E-state index is 12.5. The number of nitrogens with one attached hydrogen (secondary N) is 1. The lowest BCUT2D eigenvalue weighted by molar-refractivity contribution is -0.119. The number of halogens is 1. The summed E-state index contributed by atoms with van der Waals surface area (Å²) in [5, 5.41) is 11.5. The second kappa shape index (κ2) is 7.65. The first-order valence-corrected chi connectivity index (χ1v) is 8.94. The van der Waals surface area contributed by atoms with Gasteiger partial charge in [0.1, 0.15) is 6.04 Å². The molecule has 0 aliphatic carbocycles. The third kappa shape index (κ3) is 4.36. The van der Waals surface area contributed by atoms with Crippen LogP contribution in [0.4, 0.5) is 5.82 Å². The normalized spacial score (nSPS) is 12.1. The van der Waals surface area contributed by atoms with E-state index < -0.39 is 0 Å². The van der Waals surface area contributed by atoms with Crippen molar-refractivity contribution in [3.8, 4) is 0 Å². The Balaban J connectivity index is 1.65. The summed E-state index contributed by atoms with van der Waals surface area (Å²) in [6.45, 7) is 4.68. The Morgan fingerprint density at radius 2 is 2.04 bits per heavy atom. The fourth-order valence-electron chi connectivity index (χ4n) is 2.58. The van der Waals surface area contributed by atoms with Gasteiger partial charge in [-0.3, -0.25) is 14.2 Å². The van der Waals surface area contributed by atoms with Crippen molar-refractivity contribution in [2.45, 2.75) is 32.9 Å². The highest BCUT2D eigenvalue weighted by Gasteiger charge is 2.20. The van der Waals surface area contributed by atoms with Gasteiger partial charge in [0.25, 0.3) is 0 Å². The van der Waals surface area contributed by atoms with Gasteiger partial charge >= 0.3 is 0 Å². The summed E-state index contributed by atoms with van der Waals surface area (Å²) in [7, 11) is 0. The number of anilines is 1. The fourth-order valence-corrected chi connectivity index (χ4v) is 2.89. The molecular formula is C18H20BrN5O. The van der Waals surface area contributed by atoms with Crippen LogP contribution in [-0.4, -0.2) is 25.5 Å². The maximum absolute atomic E-state index is 12.5. The number of hydrogen-bond donors (Lipinski definition) is 1. The van der Waals surface area contributed by atoms with E-state index in [0.29, 0.717) is 18.8 Å². The topological polar surface area (TPSA) is 64.7 Å². The summed E-state index contributed by atoms with van der Waals surface area (Å²) in [5.74, 6) is 0.417. The highest BCUT2D eigenvalue weighted by molar-refractivity contribution is 9.10. The van der Waals surface area contributed by atoms with Crippen molar-refractivity contribution in [3.05, 3.63) is 64.5 Å². The number of nitrogens with zero attached hydrogens (tertiary/aromatic N) is 4. The monoisotopic (exact) mass is 401 g/mol. The summed E-state index contributed by atoms with van der Waals surface area (Å²) in [6.07, 6.45) is 5.97. The lowest BCUT2D eigenvalue weighted by Crippen LogP contribution is -2.26. The maximum Gasteiger partial charge on any atom is 0.250 e. The van der Waals surface area contributed by atoms with Gasteiger partial charge in [0.2, 0.25) is 5.91 Å². The summed E-state index contributed by atoms with van der Waals surface area (Å²) in [4.78, 5) is 12.5. The molecule has 0 aliphatic heterocycles. The molecule has 6 nitrogen and oxygen atoms in total. The number of rotatable bonds is 6. The first-order chi connectivity index (χ1) is 12.0. The first-order valence-electron chi connectivity index (χ1n) is 8.14. The summed E-state index contributed by atoms with van der Waals surface area (Å²) in [5.41, 5.74) is 2.40. The van der Waals surface area contributed by atoms with Crippen molar-refractivity contribution in [2.24, 2.45) is 0 Å². The van der Waals surface area contributed by atoms with E-state index in [0.717, 1.165) is 4.47 Å². The molecular weight excluding hydrogens is 382 g/mol. The molecule has 1 unspecified atom stereocenters. The van der Waals surface area contributed by atoms with Crippen LogP contribution >= 0.6 is 15.9 Å². The van der Waals surface area contributed by atoms with Crippen molar-refractivity contribution < 1.29 is 4.79 Å². The van der Waals surface area contributed by atoms with Gasteiger partial charge in [-0.05, 0) is 34.8 Å². The van der Waals surface area contributed by atoms with Crippen molar-refractivity contribution in [1.29, 1.82) is 0 Å². The molecule has 0 saturated carbocycles. The van der Waals surface area contributed by atoms with Crippen molar-refractivity contribution in [3.63, 3.8) is 0 Å². The summed E-state index contributed by atoms with van der Waals surface area (Å²) < 4.78 is 4.31. The number of aromatic nitrogens is 4. The third-order valence-corrected chi connectivity index (χ3v) is 4.35. The molecule has 1 N–H and O–H groups in total. The zero-order valence-electron chi connectivity index (χ0n) is 14.2. The lowest BCUT2D eigenvalue weighted by atomic mass is 10.1. The van der Waals surface area contributed by atoms with Gasteiger partial charge in [0.15, 0.2) is 5.82 Å². The Kier molecular flexibility index (Phi) is 5.33. The van der Waals surface area contributed by atoms with Crippen molar-refractivity contribution >= 4 is 27.7 Å². The van der Waals surface area contributed by atoms with Crippen molar-refractivity contribution in [1.82, 2.24) is 19.6 Å². The van der Waals surface area contributed by atoms with Crippen LogP contribution in [0, 0.1) is 6.92 Å². The fraction of sp³-hybridized carbons (Fsp3) is 0.278. The average molecular weight is 402 g/mol. The SMILES string of the molecule is CCC(C(=O)Nc1ccn(Cc2ccc(C)cc2)n1)n1cc(Br)cn1. The van der Waals surface area contributed by atoms with Crippen LogP contribution in [0.25, 0.3) is 0 Å². The van der Waals surface area contributed by atoms with Crippen LogP contribution in [0.5, 0.6) is 0 Å². The molecule has 2 aromatic heterocycles. The molecule has 0 bridgehead atoms. The molecule has 0 spiro atoms. The predicted octanol–water partition coefficient (Wildman–Crippen LogP) is 3.79. The number of benzene rings is 1. The molecule has 130 valence electrons. The third-order valence-electron chi connectivity index (χ3n) is 3.94. The number of carbonyl (C=O) groups excluding carboxylic acids is 1. The highest BCUT2D eigenvalue weighted by Crippen LogP contribution is 2.17. The first kappa shape index (κ1) is 17.4. The van der Waals surface area contributed by atoms with Crippen LogP contribution in [0.15, 0.2) is 53.4 Å². The minimum absolute atomic E-state index is 0.126. The molecule has 0 fully saturated rings. The van der Waals surface area contributed by atoms with Crippen LogP contribution in [0.3, 0.4) is 0 Å². The Morgan fingerprint density at radius 1 is 1.28 bits per heavy atom. The molecule has 0 saturated heterocycles. The van der Waals surface area contributed by atoms with E-state index in [4.69, 9.17) is 0 Å². The van der Waals surface area contributed by atoms with E-state index >= 15 is 0 Å². The minimum atomic E-state index is -0.367. The Hall–Kier alpha value is -2.41. The van der Waals surface area contributed by atoms with Gasteiger partial charge in [-0.1, -0.05) is 36.8 Å². The van der Waals surface area contributed by atoms with E-state index in [1.54, 1.807) is 23.1 Å². The molecule has 7 heteroatoms. The molecule has 0 aliphatic rings. The van der Waals surface area contributed by atoms with E-state index in [9.17, 15) is 4.79 Å². The molecule has 1 aromatic carbocycles. The average Bonchev–Trinajstić information content (AvgIpc) is 3.20. The Morgan fingerprint density at radius 3 is 2.68 bits per heavy atom. The van der Waals surface area contributed by atoms with Gasteiger partial charge in [0, 0.05) is 18.5 Å². The molecule has 3 aromatic rings. The van der Waals surface area contributed by atoms with E-state index in [1.807, 2.05) is 17.8 Å². The molecule has 0 radical (unpaired) electrons. The number of carbonyl (C=O) groups is 1. The zero-order chi connectivity index (χ0) is 17.8. The van der Waals surface area contributed by atoms with Crippen LogP contribution in [0.2, 0.25) is 0 Å². The molecule has 1 amide bonds. The predicted molar refractivity (Wildman–Crippen MR) is 100 cm³/mol. The van der Waals surface area contributed by atoms with Gasteiger partial charge in [-0.15, -0.1) is 0 Å². The molecule has 3 rings (SSSR count). The zero-order valence-corrected chi connectivity index (χ0v) is 15.8. The van der Waals surface area contributed by atoms with Gasteiger partial charge < -0.3 is 5.32 Å².